The summed E-state index contributed by atoms with van der Waals surface area (Å²) in [6.07, 6.45) is 6.59. The Morgan fingerprint density at radius 1 is 1.09 bits per heavy atom. The Balaban J connectivity index is 1.96. The van der Waals surface area contributed by atoms with Crippen LogP contribution in [0.4, 0.5) is 5.82 Å². The molecule has 114 valence electrons. The summed E-state index contributed by atoms with van der Waals surface area (Å²) in [6, 6.07) is 8.46. The third-order valence-electron chi connectivity index (χ3n) is 3.23. The predicted octanol–water partition coefficient (Wildman–Crippen LogP) is 3.49. The molecule has 0 saturated carbocycles. The molecule has 1 amide bonds. The van der Waals surface area contributed by atoms with Gasteiger partial charge in [-0.2, -0.15) is 0 Å². The number of pyridine rings is 2. The van der Waals surface area contributed by atoms with Gasteiger partial charge in [0.25, 0.3) is 5.91 Å². The number of carbonyl (C=O) groups is 2. The van der Waals surface area contributed by atoms with Crippen molar-refractivity contribution < 1.29 is 9.59 Å². The molecule has 0 aliphatic carbocycles. The minimum atomic E-state index is -0.344. The van der Waals surface area contributed by atoms with Crippen molar-refractivity contribution in [1.29, 1.82) is 0 Å². The van der Waals surface area contributed by atoms with Crippen molar-refractivity contribution >= 4 is 17.5 Å². The normalized spacial score (nSPS) is 10.2. The zero-order valence-corrected chi connectivity index (χ0v) is 12.6. The summed E-state index contributed by atoms with van der Waals surface area (Å²) in [6.45, 7) is 2.10. The van der Waals surface area contributed by atoms with Crippen LogP contribution in [-0.4, -0.2) is 21.7 Å². The molecule has 0 atom stereocenters. The first-order valence-electron chi connectivity index (χ1n) is 7.42. The van der Waals surface area contributed by atoms with E-state index in [1.54, 1.807) is 36.5 Å². The molecule has 5 nitrogen and oxygen atoms in total. The van der Waals surface area contributed by atoms with Gasteiger partial charge in [0.2, 0.25) is 0 Å². The van der Waals surface area contributed by atoms with E-state index < -0.39 is 0 Å². The fourth-order valence-electron chi connectivity index (χ4n) is 1.99. The van der Waals surface area contributed by atoms with Crippen molar-refractivity contribution in [2.75, 3.05) is 5.32 Å². The number of amides is 1. The van der Waals surface area contributed by atoms with Gasteiger partial charge >= 0.3 is 0 Å². The summed E-state index contributed by atoms with van der Waals surface area (Å²) >= 11 is 0. The SMILES string of the molecule is CCCCCC(=O)c1ccc(C(=O)Nc2ccccn2)nc1. The van der Waals surface area contributed by atoms with Crippen LogP contribution in [0.25, 0.3) is 0 Å². The summed E-state index contributed by atoms with van der Waals surface area (Å²) in [5, 5.41) is 2.65. The van der Waals surface area contributed by atoms with Gasteiger partial charge in [-0.3, -0.25) is 14.6 Å². The van der Waals surface area contributed by atoms with Crippen LogP contribution in [0.5, 0.6) is 0 Å². The van der Waals surface area contributed by atoms with Gasteiger partial charge in [-0.05, 0) is 30.7 Å². The summed E-state index contributed by atoms with van der Waals surface area (Å²) in [7, 11) is 0. The Bertz CT molecular complexity index is 624. The lowest BCUT2D eigenvalue weighted by Crippen LogP contribution is -2.14. The van der Waals surface area contributed by atoms with E-state index in [1.807, 2.05) is 0 Å². The maximum atomic E-state index is 12.0. The van der Waals surface area contributed by atoms with Crippen molar-refractivity contribution in [2.24, 2.45) is 0 Å². The highest BCUT2D eigenvalue weighted by molar-refractivity contribution is 6.03. The van der Waals surface area contributed by atoms with Gasteiger partial charge < -0.3 is 5.32 Å². The zero-order valence-electron chi connectivity index (χ0n) is 12.6. The molecule has 0 aliphatic rings. The molecule has 0 aliphatic heterocycles. The van der Waals surface area contributed by atoms with Crippen molar-refractivity contribution in [2.45, 2.75) is 32.6 Å². The number of nitrogens with one attached hydrogen (secondary N) is 1. The predicted molar refractivity (Wildman–Crippen MR) is 84.9 cm³/mol. The van der Waals surface area contributed by atoms with Crippen LogP contribution in [0.2, 0.25) is 0 Å². The van der Waals surface area contributed by atoms with Crippen molar-refractivity contribution in [1.82, 2.24) is 9.97 Å². The van der Waals surface area contributed by atoms with E-state index in [-0.39, 0.29) is 17.4 Å². The van der Waals surface area contributed by atoms with Crippen molar-refractivity contribution in [3.63, 3.8) is 0 Å². The van der Waals surface area contributed by atoms with E-state index in [2.05, 4.69) is 22.2 Å². The van der Waals surface area contributed by atoms with Gasteiger partial charge in [-0.1, -0.05) is 25.8 Å². The van der Waals surface area contributed by atoms with Crippen molar-refractivity contribution in [3.8, 4) is 0 Å². The van der Waals surface area contributed by atoms with Gasteiger partial charge in [-0.15, -0.1) is 0 Å². The molecule has 0 saturated heterocycles. The highest BCUT2D eigenvalue weighted by atomic mass is 16.2. The third-order valence-corrected chi connectivity index (χ3v) is 3.23. The van der Waals surface area contributed by atoms with Gasteiger partial charge in [0.1, 0.15) is 11.5 Å². The fourth-order valence-corrected chi connectivity index (χ4v) is 1.99. The molecule has 0 bridgehead atoms. The number of ketones is 1. The second-order valence-electron chi connectivity index (χ2n) is 4.98. The molecule has 2 aromatic heterocycles. The quantitative estimate of drug-likeness (QED) is 0.627. The average Bonchev–Trinajstić information content (AvgIpc) is 2.56. The smallest absolute Gasteiger partial charge is 0.275 e. The molecule has 0 unspecified atom stereocenters. The van der Waals surface area contributed by atoms with E-state index in [1.165, 1.54) is 6.20 Å². The summed E-state index contributed by atoms with van der Waals surface area (Å²) in [5.41, 5.74) is 0.807. The third kappa shape index (κ3) is 4.48. The van der Waals surface area contributed by atoms with Crippen molar-refractivity contribution in [3.05, 3.63) is 54.0 Å². The molecule has 22 heavy (non-hydrogen) atoms. The number of aromatic nitrogens is 2. The maximum absolute atomic E-state index is 12.0. The molecule has 0 radical (unpaired) electrons. The molecular formula is C17H19N3O2. The fraction of sp³-hybridized carbons (Fsp3) is 0.294. The number of Topliss-reactive ketones (excluding diaryl/α,β-unsaturated/α-hetero) is 1. The molecule has 5 heteroatoms. The molecule has 1 N–H and O–H groups in total. The van der Waals surface area contributed by atoms with Crippen LogP contribution < -0.4 is 5.32 Å². The van der Waals surface area contributed by atoms with Crippen LogP contribution in [0.3, 0.4) is 0 Å². The van der Waals surface area contributed by atoms with Crippen LogP contribution in [0, 0.1) is 0 Å². The summed E-state index contributed by atoms with van der Waals surface area (Å²) in [4.78, 5) is 32.0. The van der Waals surface area contributed by atoms with E-state index in [0.29, 0.717) is 17.8 Å². The Labute approximate surface area is 129 Å². The number of hydrogen-bond donors (Lipinski definition) is 1. The largest absolute Gasteiger partial charge is 0.305 e. The molecule has 0 spiro atoms. The lowest BCUT2D eigenvalue weighted by Gasteiger charge is -2.04. The molecule has 2 aromatic rings. The lowest BCUT2D eigenvalue weighted by atomic mass is 10.1. The summed E-state index contributed by atoms with van der Waals surface area (Å²) < 4.78 is 0. The number of nitrogens with zero attached hydrogens (tertiary/aromatic N) is 2. The number of anilines is 1. The second kappa shape index (κ2) is 8.02. The molecular weight excluding hydrogens is 278 g/mol. The summed E-state index contributed by atoms with van der Waals surface area (Å²) in [5.74, 6) is 0.190. The Morgan fingerprint density at radius 2 is 1.95 bits per heavy atom. The van der Waals surface area contributed by atoms with E-state index in [4.69, 9.17) is 0 Å². The molecule has 2 rings (SSSR count). The van der Waals surface area contributed by atoms with Gasteiger partial charge in [0.05, 0.1) is 0 Å². The Hall–Kier alpha value is -2.56. The van der Waals surface area contributed by atoms with E-state index in [0.717, 1.165) is 19.3 Å². The molecule has 0 aromatic carbocycles. The number of carbonyl (C=O) groups excluding carboxylic acids is 2. The minimum absolute atomic E-state index is 0.0673. The molecule has 0 fully saturated rings. The van der Waals surface area contributed by atoms with Crippen LogP contribution in [0.1, 0.15) is 53.5 Å². The van der Waals surface area contributed by atoms with Crippen LogP contribution >= 0.6 is 0 Å². The van der Waals surface area contributed by atoms with Crippen LogP contribution in [-0.2, 0) is 0 Å². The maximum Gasteiger partial charge on any atom is 0.275 e. The first kappa shape index (κ1) is 15.8. The lowest BCUT2D eigenvalue weighted by molar-refractivity contribution is 0.0975. The van der Waals surface area contributed by atoms with Gasteiger partial charge in [0.15, 0.2) is 5.78 Å². The number of hydrogen-bond acceptors (Lipinski definition) is 4. The van der Waals surface area contributed by atoms with Gasteiger partial charge in [0, 0.05) is 24.4 Å². The average molecular weight is 297 g/mol. The Kier molecular flexibility index (Phi) is 5.77. The highest BCUT2D eigenvalue weighted by Gasteiger charge is 2.10. The Morgan fingerprint density at radius 3 is 2.59 bits per heavy atom. The standard InChI is InChI=1S/C17H19N3O2/c1-2-3-4-7-15(21)13-9-10-14(19-12-13)17(22)20-16-8-5-6-11-18-16/h5-6,8-12H,2-4,7H2,1H3,(H,18,20,22). The topological polar surface area (TPSA) is 72.0 Å². The highest BCUT2D eigenvalue weighted by Crippen LogP contribution is 2.09. The van der Waals surface area contributed by atoms with E-state index >= 15 is 0 Å². The first-order chi connectivity index (χ1) is 10.7. The molecule has 2 heterocycles. The minimum Gasteiger partial charge on any atom is -0.305 e. The van der Waals surface area contributed by atoms with Crippen LogP contribution in [0.15, 0.2) is 42.7 Å². The van der Waals surface area contributed by atoms with Gasteiger partial charge in [-0.25, -0.2) is 4.98 Å². The number of rotatable bonds is 7. The zero-order chi connectivity index (χ0) is 15.8. The number of unbranched alkanes of at least 4 members (excludes halogenated alkanes) is 2. The van der Waals surface area contributed by atoms with E-state index in [9.17, 15) is 9.59 Å². The second-order valence-corrected chi connectivity index (χ2v) is 4.98. The monoisotopic (exact) mass is 297 g/mol. The first-order valence-corrected chi connectivity index (χ1v) is 7.42.